The fourth-order valence-corrected chi connectivity index (χ4v) is 1.36. The van der Waals surface area contributed by atoms with Gasteiger partial charge in [-0.25, -0.2) is 0 Å². The number of nitrogens with two attached hydrogens (primary N) is 1. The van der Waals surface area contributed by atoms with Crippen LogP contribution in [-0.2, 0) is 16.0 Å². The van der Waals surface area contributed by atoms with E-state index in [0.717, 1.165) is 12.0 Å². The summed E-state index contributed by atoms with van der Waals surface area (Å²) in [6, 6.07) is 7.54. The molecular formula is C11H14ClNO2. The molecule has 0 saturated carbocycles. The van der Waals surface area contributed by atoms with Gasteiger partial charge in [-0.2, -0.15) is 0 Å². The van der Waals surface area contributed by atoms with Gasteiger partial charge in [0.25, 0.3) is 0 Å². The van der Waals surface area contributed by atoms with Crippen LogP contribution in [0.3, 0.4) is 0 Å². The van der Waals surface area contributed by atoms with E-state index in [0.29, 0.717) is 5.02 Å². The SMILES string of the molecule is C[C@@H](Cc1ccc(Cl)cc1)OCC(N)=O. The van der Waals surface area contributed by atoms with Gasteiger partial charge in [0.15, 0.2) is 0 Å². The van der Waals surface area contributed by atoms with Crippen molar-refractivity contribution in [2.75, 3.05) is 6.61 Å². The van der Waals surface area contributed by atoms with E-state index in [1.165, 1.54) is 0 Å². The Morgan fingerprint density at radius 2 is 2.07 bits per heavy atom. The summed E-state index contributed by atoms with van der Waals surface area (Å²) >= 11 is 5.76. The maximum atomic E-state index is 10.5. The maximum Gasteiger partial charge on any atom is 0.243 e. The number of carbonyl (C=O) groups excluding carboxylic acids is 1. The number of rotatable bonds is 5. The summed E-state index contributed by atoms with van der Waals surface area (Å²) in [5, 5.41) is 0.712. The van der Waals surface area contributed by atoms with Crippen LogP contribution in [-0.4, -0.2) is 18.6 Å². The van der Waals surface area contributed by atoms with E-state index in [4.69, 9.17) is 22.1 Å². The van der Waals surface area contributed by atoms with Crippen molar-refractivity contribution in [1.82, 2.24) is 0 Å². The van der Waals surface area contributed by atoms with E-state index in [9.17, 15) is 4.79 Å². The number of hydrogen-bond acceptors (Lipinski definition) is 2. The Bertz CT molecular complexity index is 324. The Balaban J connectivity index is 2.40. The van der Waals surface area contributed by atoms with Gasteiger partial charge >= 0.3 is 0 Å². The molecule has 1 amide bonds. The lowest BCUT2D eigenvalue weighted by Crippen LogP contribution is -2.23. The molecule has 15 heavy (non-hydrogen) atoms. The van der Waals surface area contributed by atoms with Gasteiger partial charge in [0.1, 0.15) is 6.61 Å². The maximum absolute atomic E-state index is 10.5. The normalized spacial score (nSPS) is 12.4. The number of hydrogen-bond donors (Lipinski definition) is 1. The minimum Gasteiger partial charge on any atom is -0.368 e. The predicted octanol–water partition coefficient (Wildman–Crippen LogP) is 1.77. The molecule has 0 bridgehead atoms. The van der Waals surface area contributed by atoms with Gasteiger partial charge in [-0.3, -0.25) is 4.79 Å². The number of ether oxygens (including phenoxy) is 1. The molecule has 0 fully saturated rings. The highest BCUT2D eigenvalue weighted by atomic mass is 35.5. The van der Waals surface area contributed by atoms with Crippen molar-refractivity contribution in [2.24, 2.45) is 5.73 Å². The highest BCUT2D eigenvalue weighted by molar-refractivity contribution is 6.30. The van der Waals surface area contributed by atoms with E-state index in [1.807, 2.05) is 31.2 Å². The molecule has 0 aliphatic rings. The van der Waals surface area contributed by atoms with Gasteiger partial charge in [0.2, 0.25) is 5.91 Å². The lowest BCUT2D eigenvalue weighted by atomic mass is 10.1. The molecule has 1 rings (SSSR count). The second kappa shape index (κ2) is 5.73. The first-order valence-corrected chi connectivity index (χ1v) is 5.10. The van der Waals surface area contributed by atoms with Crippen molar-refractivity contribution in [2.45, 2.75) is 19.4 Å². The van der Waals surface area contributed by atoms with Crippen LogP contribution in [0, 0.1) is 0 Å². The lowest BCUT2D eigenvalue weighted by molar-refractivity contribution is -0.124. The van der Waals surface area contributed by atoms with Crippen molar-refractivity contribution in [3.05, 3.63) is 34.9 Å². The average molecular weight is 228 g/mol. The Labute approximate surface area is 94.2 Å². The summed E-state index contributed by atoms with van der Waals surface area (Å²) in [5.74, 6) is -0.446. The summed E-state index contributed by atoms with van der Waals surface area (Å²) in [4.78, 5) is 10.5. The minimum atomic E-state index is -0.446. The number of amides is 1. The molecule has 0 radical (unpaired) electrons. The number of primary amides is 1. The standard InChI is InChI=1S/C11H14ClNO2/c1-8(15-7-11(13)14)6-9-2-4-10(12)5-3-9/h2-5,8H,6-7H2,1H3,(H2,13,14)/t8-/m0/s1. The van der Waals surface area contributed by atoms with Crippen LogP contribution >= 0.6 is 11.6 Å². The largest absolute Gasteiger partial charge is 0.368 e. The molecule has 0 unspecified atom stereocenters. The van der Waals surface area contributed by atoms with Crippen LogP contribution in [0.4, 0.5) is 0 Å². The highest BCUT2D eigenvalue weighted by Crippen LogP contribution is 2.11. The number of benzene rings is 1. The van der Waals surface area contributed by atoms with Crippen LogP contribution in [0.1, 0.15) is 12.5 Å². The zero-order chi connectivity index (χ0) is 11.3. The third-order valence-electron chi connectivity index (χ3n) is 1.95. The minimum absolute atomic E-state index is 0.0290. The number of carbonyl (C=O) groups is 1. The van der Waals surface area contributed by atoms with Gasteiger partial charge in [-0.15, -0.1) is 0 Å². The molecule has 0 heterocycles. The first kappa shape index (κ1) is 12.0. The van der Waals surface area contributed by atoms with Crippen LogP contribution in [0.5, 0.6) is 0 Å². The van der Waals surface area contributed by atoms with Gasteiger partial charge in [-0.05, 0) is 31.0 Å². The topological polar surface area (TPSA) is 52.3 Å². The molecule has 0 spiro atoms. The van der Waals surface area contributed by atoms with E-state index in [1.54, 1.807) is 0 Å². The second-order valence-electron chi connectivity index (χ2n) is 3.42. The molecule has 3 nitrogen and oxygen atoms in total. The molecule has 1 atom stereocenters. The van der Waals surface area contributed by atoms with Crippen LogP contribution in [0.25, 0.3) is 0 Å². The number of halogens is 1. The van der Waals surface area contributed by atoms with E-state index >= 15 is 0 Å². The van der Waals surface area contributed by atoms with Crippen LogP contribution < -0.4 is 5.73 Å². The first-order valence-electron chi connectivity index (χ1n) is 4.72. The third kappa shape index (κ3) is 4.81. The predicted molar refractivity (Wildman–Crippen MR) is 59.8 cm³/mol. The van der Waals surface area contributed by atoms with Gasteiger partial charge in [-0.1, -0.05) is 23.7 Å². The van der Waals surface area contributed by atoms with Crippen LogP contribution in [0.2, 0.25) is 5.02 Å². The van der Waals surface area contributed by atoms with Crippen LogP contribution in [0.15, 0.2) is 24.3 Å². The smallest absolute Gasteiger partial charge is 0.243 e. The molecule has 0 saturated heterocycles. The fourth-order valence-electron chi connectivity index (χ4n) is 1.24. The molecule has 82 valence electrons. The molecule has 1 aromatic rings. The lowest BCUT2D eigenvalue weighted by Gasteiger charge is -2.11. The summed E-state index contributed by atoms with van der Waals surface area (Å²) < 4.78 is 5.23. The molecule has 0 aromatic heterocycles. The Morgan fingerprint density at radius 3 is 2.60 bits per heavy atom. The van der Waals surface area contributed by atoms with Crippen molar-refractivity contribution in [3.8, 4) is 0 Å². The molecule has 4 heteroatoms. The zero-order valence-corrected chi connectivity index (χ0v) is 9.33. The molecular weight excluding hydrogens is 214 g/mol. The first-order chi connectivity index (χ1) is 7.08. The van der Waals surface area contributed by atoms with Crippen molar-refractivity contribution in [3.63, 3.8) is 0 Å². The highest BCUT2D eigenvalue weighted by Gasteiger charge is 2.05. The Hall–Kier alpha value is -1.06. The molecule has 1 aromatic carbocycles. The Kier molecular flexibility index (Phi) is 4.59. The van der Waals surface area contributed by atoms with Gasteiger partial charge in [0, 0.05) is 5.02 Å². The molecule has 0 aliphatic heterocycles. The summed E-state index contributed by atoms with van der Waals surface area (Å²) in [6.45, 7) is 1.87. The summed E-state index contributed by atoms with van der Waals surface area (Å²) in [5.41, 5.74) is 6.09. The summed E-state index contributed by atoms with van der Waals surface area (Å²) in [7, 11) is 0. The van der Waals surface area contributed by atoms with E-state index in [2.05, 4.69) is 0 Å². The van der Waals surface area contributed by atoms with E-state index < -0.39 is 5.91 Å². The Morgan fingerprint density at radius 1 is 1.47 bits per heavy atom. The summed E-state index contributed by atoms with van der Waals surface area (Å²) in [6.07, 6.45) is 0.712. The fraction of sp³-hybridized carbons (Fsp3) is 0.364. The zero-order valence-electron chi connectivity index (χ0n) is 8.57. The molecule has 2 N–H and O–H groups in total. The van der Waals surface area contributed by atoms with Crippen molar-refractivity contribution in [1.29, 1.82) is 0 Å². The quantitative estimate of drug-likeness (QED) is 0.834. The van der Waals surface area contributed by atoms with Crippen molar-refractivity contribution >= 4 is 17.5 Å². The average Bonchev–Trinajstić information content (AvgIpc) is 2.19. The van der Waals surface area contributed by atoms with E-state index in [-0.39, 0.29) is 12.7 Å². The van der Waals surface area contributed by atoms with Gasteiger partial charge < -0.3 is 10.5 Å². The molecule has 0 aliphatic carbocycles. The van der Waals surface area contributed by atoms with Gasteiger partial charge in [0.05, 0.1) is 6.10 Å². The third-order valence-corrected chi connectivity index (χ3v) is 2.20. The van der Waals surface area contributed by atoms with Crippen molar-refractivity contribution < 1.29 is 9.53 Å². The second-order valence-corrected chi connectivity index (χ2v) is 3.85. The monoisotopic (exact) mass is 227 g/mol.